The quantitative estimate of drug-likeness (QED) is 0.416. The normalized spacial score (nSPS) is 15.4. The minimum atomic E-state index is -0.141. The van der Waals surface area contributed by atoms with Crippen molar-refractivity contribution < 1.29 is 14.3 Å². The Kier molecular flexibility index (Phi) is 6.39. The van der Waals surface area contributed by atoms with Crippen LogP contribution in [0.4, 0.5) is 5.69 Å². The van der Waals surface area contributed by atoms with Crippen molar-refractivity contribution in [3.05, 3.63) is 57.2 Å². The van der Waals surface area contributed by atoms with Crippen molar-refractivity contribution in [2.24, 2.45) is 11.0 Å². The van der Waals surface area contributed by atoms with Gasteiger partial charge < -0.3 is 9.47 Å². The van der Waals surface area contributed by atoms with Crippen LogP contribution in [-0.2, 0) is 4.79 Å². The van der Waals surface area contributed by atoms with Crippen molar-refractivity contribution in [3.63, 3.8) is 0 Å². The van der Waals surface area contributed by atoms with Crippen LogP contribution in [0.1, 0.15) is 26.3 Å². The van der Waals surface area contributed by atoms with Crippen molar-refractivity contribution in [2.75, 3.05) is 18.7 Å². The number of hydrazone groups is 1. The van der Waals surface area contributed by atoms with Gasteiger partial charge in [-0.15, -0.1) is 0 Å². The molecule has 6 heteroatoms. The zero-order valence-electron chi connectivity index (χ0n) is 16.4. The SMILES string of the molecule is COc1cc(C=C2C(=O)N(c3ccc(I)cc3)N=C2C)ccc1OCC(C)C. The zero-order valence-corrected chi connectivity index (χ0v) is 18.6. The second kappa shape index (κ2) is 8.77. The summed E-state index contributed by atoms with van der Waals surface area (Å²) in [5.41, 5.74) is 2.86. The molecule has 146 valence electrons. The van der Waals surface area contributed by atoms with Crippen LogP contribution in [0.2, 0.25) is 0 Å². The van der Waals surface area contributed by atoms with Gasteiger partial charge in [0.05, 0.1) is 30.7 Å². The van der Waals surface area contributed by atoms with Crippen LogP contribution < -0.4 is 14.5 Å². The Balaban J connectivity index is 1.86. The molecule has 0 spiro atoms. The first-order chi connectivity index (χ1) is 13.4. The molecule has 0 aromatic heterocycles. The molecule has 1 aliphatic rings. The molecule has 0 radical (unpaired) electrons. The number of amides is 1. The largest absolute Gasteiger partial charge is 0.493 e. The molecule has 2 aromatic rings. The lowest BCUT2D eigenvalue weighted by Gasteiger charge is -2.13. The van der Waals surface area contributed by atoms with Crippen molar-refractivity contribution in [1.29, 1.82) is 0 Å². The van der Waals surface area contributed by atoms with Gasteiger partial charge in [0.15, 0.2) is 11.5 Å². The van der Waals surface area contributed by atoms with Crippen LogP contribution in [0.15, 0.2) is 53.1 Å². The van der Waals surface area contributed by atoms with Gasteiger partial charge in [-0.1, -0.05) is 19.9 Å². The molecule has 0 saturated heterocycles. The Labute approximate surface area is 179 Å². The molecule has 0 fully saturated rings. The summed E-state index contributed by atoms with van der Waals surface area (Å²) in [5, 5.41) is 5.87. The van der Waals surface area contributed by atoms with Crippen LogP contribution >= 0.6 is 22.6 Å². The maximum atomic E-state index is 12.9. The highest BCUT2D eigenvalue weighted by atomic mass is 127. The summed E-state index contributed by atoms with van der Waals surface area (Å²) in [5.74, 6) is 1.62. The summed E-state index contributed by atoms with van der Waals surface area (Å²) < 4.78 is 12.4. The maximum absolute atomic E-state index is 12.9. The number of carbonyl (C=O) groups excluding carboxylic acids is 1. The van der Waals surface area contributed by atoms with Crippen molar-refractivity contribution in [1.82, 2.24) is 0 Å². The van der Waals surface area contributed by atoms with Crippen LogP contribution in [0, 0.1) is 9.49 Å². The fraction of sp³-hybridized carbons (Fsp3) is 0.273. The van der Waals surface area contributed by atoms with Gasteiger partial charge in [0.1, 0.15) is 0 Å². The number of hydrogen-bond donors (Lipinski definition) is 0. The Morgan fingerprint density at radius 3 is 2.50 bits per heavy atom. The second-order valence-electron chi connectivity index (χ2n) is 6.95. The molecule has 28 heavy (non-hydrogen) atoms. The van der Waals surface area contributed by atoms with E-state index in [2.05, 4.69) is 41.5 Å². The number of ether oxygens (including phenoxy) is 2. The minimum absolute atomic E-state index is 0.141. The predicted octanol–water partition coefficient (Wildman–Crippen LogP) is 5.14. The number of methoxy groups -OCH3 is 1. The van der Waals surface area contributed by atoms with Crippen LogP contribution in [0.25, 0.3) is 6.08 Å². The number of rotatable bonds is 6. The molecule has 0 bridgehead atoms. The van der Waals surface area contributed by atoms with Crippen molar-refractivity contribution in [3.8, 4) is 11.5 Å². The minimum Gasteiger partial charge on any atom is -0.493 e. The van der Waals surface area contributed by atoms with Crippen molar-refractivity contribution >= 4 is 46.0 Å². The molecule has 0 unspecified atom stereocenters. The van der Waals surface area contributed by atoms with Gasteiger partial charge in [0.2, 0.25) is 0 Å². The molecule has 5 nitrogen and oxygen atoms in total. The third-order valence-corrected chi connectivity index (χ3v) is 4.92. The monoisotopic (exact) mass is 490 g/mol. The highest BCUT2D eigenvalue weighted by Gasteiger charge is 2.28. The number of benzene rings is 2. The van der Waals surface area contributed by atoms with Gasteiger partial charge in [-0.2, -0.15) is 10.1 Å². The maximum Gasteiger partial charge on any atom is 0.280 e. The summed E-state index contributed by atoms with van der Waals surface area (Å²) in [4.78, 5) is 12.9. The van der Waals surface area contributed by atoms with Gasteiger partial charge in [-0.3, -0.25) is 4.79 Å². The number of hydrogen-bond acceptors (Lipinski definition) is 4. The standard InChI is InChI=1S/C22H23IN2O3/c1-14(2)13-28-20-10-5-16(12-21(20)27-4)11-19-15(3)24-25(22(19)26)18-8-6-17(23)7-9-18/h5-12,14H,13H2,1-4H3. The van der Waals surface area contributed by atoms with E-state index in [-0.39, 0.29) is 5.91 Å². The van der Waals surface area contributed by atoms with E-state index in [0.29, 0.717) is 35.3 Å². The van der Waals surface area contributed by atoms with E-state index in [1.54, 1.807) is 7.11 Å². The van der Waals surface area contributed by atoms with Gasteiger partial charge in [-0.25, -0.2) is 0 Å². The summed E-state index contributed by atoms with van der Waals surface area (Å²) in [6.07, 6.45) is 1.84. The number of halogens is 1. The molecule has 0 N–H and O–H groups in total. The number of anilines is 1. The van der Waals surface area contributed by atoms with E-state index in [1.807, 2.05) is 55.5 Å². The van der Waals surface area contributed by atoms with Crippen LogP contribution in [0.3, 0.4) is 0 Å². The smallest absolute Gasteiger partial charge is 0.280 e. The number of nitrogens with zero attached hydrogens (tertiary/aromatic N) is 2. The van der Waals surface area contributed by atoms with Crippen molar-refractivity contribution in [2.45, 2.75) is 20.8 Å². The Morgan fingerprint density at radius 2 is 1.86 bits per heavy atom. The second-order valence-corrected chi connectivity index (χ2v) is 8.20. The molecule has 0 saturated carbocycles. The average molecular weight is 490 g/mol. The predicted molar refractivity (Wildman–Crippen MR) is 121 cm³/mol. The summed E-state index contributed by atoms with van der Waals surface area (Å²) in [6, 6.07) is 13.4. The highest BCUT2D eigenvalue weighted by Crippen LogP contribution is 2.31. The number of carbonyl (C=O) groups is 1. The van der Waals surface area contributed by atoms with Crippen LogP contribution in [0.5, 0.6) is 11.5 Å². The fourth-order valence-electron chi connectivity index (χ4n) is 2.76. The van der Waals surface area contributed by atoms with Gasteiger partial charge in [0.25, 0.3) is 5.91 Å². The molecule has 1 amide bonds. The van der Waals surface area contributed by atoms with E-state index in [0.717, 1.165) is 14.8 Å². The fourth-order valence-corrected chi connectivity index (χ4v) is 3.12. The zero-order chi connectivity index (χ0) is 20.3. The summed E-state index contributed by atoms with van der Waals surface area (Å²) in [6.45, 7) is 6.65. The first-order valence-corrected chi connectivity index (χ1v) is 10.1. The van der Waals surface area contributed by atoms with E-state index in [4.69, 9.17) is 9.47 Å². The molecule has 1 aliphatic heterocycles. The average Bonchev–Trinajstić information content (AvgIpc) is 2.95. The third-order valence-electron chi connectivity index (χ3n) is 4.20. The van der Waals surface area contributed by atoms with Crippen LogP contribution in [-0.4, -0.2) is 25.3 Å². The lowest BCUT2D eigenvalue weighted by molar-refractivity contribution is -0.114. The lowest BCUT2D eigenvalue weighted by atomic mass is 10.1. The lowest BCUT2D eigenvalue weighted by Crippen LogP contribution is -2.21. The molecule has 0 aliphatic carbocycles. The Morgan fingerprint density at radius 1 is 1.14 bits per heavy atom. The third kappa shape index (κ3) is 4.55. The Bertz CT molecular complexity index is 933. The van der Waals surface area contributed by atoms with E-state index in [1.165, 1.54) is 5.01 Å². The molecule has 1 heterocycles. The van der Waals surface area contributed by atoms with E-state index >= 15 is 0 Å². The summed E-state index contributed by atoms with van der Waals surface area (Å²) in [7, 11) is 1.61. The van der Waals surface area contributed by atoms with Gasteiger partial charge in [0, 0.05) is 3.57 Å². The first-order valence-electron chi connectivity index (χ1n) is 9.07. The Hall–Kier alpha value is -2.35. The van der Waals surface area contributed by atoms with E-state index < -0.39 is 0 Å². The summed E-state index contributed by atoms with van der Waals surface area (Å²) >= 11 is 2.23. The molecule has 3 rings (SSSR count). The first kappa shape index (κ1) is 20.4. The molecular formula is C22H23IN2O3. The molecular weight excluding hydrogens is 467 g/mol. The highest BCUT2D eigenvalue weighted by molar-refractivity contribution is 14.1. The molecule has 2 aromatic carbocycles. The van der Waals surface area contributed by atoms with E-state index in [9.17, 15) is 4.79 Å². The van der Waals surface area contributed by atoms with Gasteiger partial charge in [-0.05, 0) is 83.5 Å². The topological polar surface area (TPSA) is 51.1 Å². The van der Waals surface area contributed by atoms with Gasteiger partial charge >= 0.3 is 0 Å². The molecule has 0 atom stereocenters.